The lowest BCUT2D eigenvalue weighted by molar-refractivity contribution is -0.146. The van der Waals surface area contributed by atoms with Crippen LogP contribution in [0.25, 0.3) is 21.5 Å². The number of rotatable bonds is 5. The molecule has 0 spiro atoms. The lowest BCUT2D eigenvalue weighted by Gasteiger charge is -2.23. The number of carbonyl (C=O) groups excluding carboxylic acids is 1. The van der Waals surface area contributed by atoms with E-state index in [4.69, 9.17) is 4.74 Å². The quantitative estimate of drug-likeness (QED) is 0.257. The van der Waals surface area contributed by atoms with E-state index in [2.05, 4.69) is 41.4 Å². The predicted octanol–water partition coefficient (Wildman–Crippen LogP) is 5.59. The Bertz CT molecular complexity index is 1200. The van der Waals surface area contributed by atoms with Gasteiger partial charge in [0.25, 0.3) is 0 Å². The summed E-state index contributed by atoms with van der Waals surface area (Å²) in [6.45, 7) is 1.84. The summed E-state index contributed by atoms with van der Waals surface area (Å²) in [5, 5.41) is 4.68. The van der Waals surface area contributed by atoms with Crippen molar-refractivity contribution < 1.29 is 9.53 Å². The molecule has 0 aliphatic rings. The highest BCUT2D eigenvalue weighted by Crippen LogP contribution is 2.32. The highest BCUT2D eigenvalue weighted by molar-refractivity contribution is 6.09. The van der Waals surface area contributed by atoms with Crippen LogP contribution in [0.3, 0.4) is 0 Å². The van der Waals surface area contributed by atoms with E-state index in [1.165, 1.54) is 17.9 Å². The Balaban J connectivity index is 1.82. The predicted molar refractivity (Wildman–Crippen MR) is 120 cm³/mol. The lowest BCUT2D eigenvalue weighted by atomic mass is 9.88. The van der Waals surface area contributed by atoms with Gasteiger partial charge >= 0.3 is 5.97 Å². The average molecular weight is 381 g/mol. The molecule has 0 fully saturated rings. The van der Waals surface area contributed by atoms with Gasteiger partial charge in [0, 0.05) is 12.6 Å². The van der Waals surface area contributed by atoms with Crippen LogP contribution in [-0.4, -0.2) is 24.8 Å². The van der Waals surface area contributed by atoms with Gasteiger partial charge in [-0.3, -0.25) is 4.99 Å². The van der Waals surface area contributed by atoms with Crippen LogP contribution in [0.1, 0.15) is 18.1 Å². The number of esters is 1. The third kappa shape index (κ3) is 3.77. The Labute approximate surface area is 170 Å². The Morgan fingerprint density at radius 3 is 2.24 bits per heavy atom. The molecule has 1 atom stereocenters. The van der Waals surface area contributed by atoms with Crippen LogP contribution >= 0.6 is 0 Å². The molecule has 144 valence electrons. The van der Waals surface area contributed by atoms with E-state index in [0.717, 1.165) is 21.9 Å². The second kappa shape index (κ2) is 7.88. The molecule has 0 saturated carbocycles. The molecular formula is C26H23NO2. The van der Waals surface area contributed by atoms with E-state index in [1.807, 2.05) is 55.5 Å². The van der Waals surface area contributed by atoms with Gasteiger partial charge in [-0.25, -0.2) is 4.79 Å². The van der Waals surface area contributed by atoms with E-state index in [9.17, 15) is 4.79 Å². The third-order valence-corrected chi connectivity index (χ3v) is 5.31. The van der Waals surface area contributed by atoms with Crippen LogP contribution < -0.4 is 0 Å². The largest absolute Gasteiger partial charge is 0.467 e. The van der Waals surface area contributed by atoms with E-state index < -0.39 is 5.54 Å². The molecule has 3 nitrogen and oxygen atoms in total. The monoisotopic (exact) mass is 381 g/mol. The fraction of sp³-hybridized carbons (Fsp3) is 0.154. The normalized spacial score (nSPS) is 13.6. The minimum absolute atomic E-state index is 0.345. The van der Waals surface area contributed by atoms with Gasteiger partial charge in [0.05, 0.1) is 7.11 Å². The second-order valence-electron chi connectivity index (χ2n) is 7.41. The summed E-state index contributed by atoms with van der Waals surface area (Å²) >= 11 is 0. The van der Waals surface area contributed by atoms with Gasteiger partial charge in [-0.15, -0.1) is 0 Å². The van der Waals surface area contributed by atoms with E-state index in [-0.39, 0.29) is 5.97 Å². The molecule has 4 aromatic rings. The summed E-state index contributed by atoms with van der Waals surface area (Å²) < 4.78 is 5.12. The Hall–Kier alpha value is -3.46. The van der Waals surface area contributed by atoms with Gasteiger partial charge in [-0.1, -0.05) is 84.9 Å². The molecule has 0 radical (unpaired) electrons. The summed E-state index contributed by atoms with van der Waals surface area (Å²) in [6.07, 6.45) is 2.20. The molecule has 0 bridgehead atoms. The van der Waals surface area contributed by atoms with Crippen molar-refractivity contribution in [3.63, 3.8) is 0 Å². The average Bonchev–Trinajstić information content (AvgIpc) is 2.78. The maximum atomic E-state index is 12.7. The maximum absolute atomic E-state index is 12.7. The van der Waals surface area contributed by atoms with Crippen molar-refractivity contribution in [1.82, 2.24) is 0 Å². The van der Waals surface area contributed by atoms with Crippen LogP contribution in [0.5, 0.6) is 0 Å². The van der Waals surface area contributed by atoms with Gasteiger partial charge in [-0.05, 0) is 39.6 Å². The fourth-order valence-electron chi connectivity index (χ4n) is 3.80. The number of hydrogen-bond donors (Lipinski definition) is 0. The second-order valence-corrected chi connectivity index (χ2v) is 7.41. The first kappa shape index (κ1) is 18.9. The third-order valence-electron chi connectivity index (χ3n) is 5.31. The van der Waals surface area contributed by atoms with Crippen molar-refractivity contribution in [3.05, 3.63) is 96.1 Å². The van der Waals surface area contributed by atoms with Crippen molar-refractivity contribution in [3.8, 4) is 0 Å². The number of carbonyl (C=O) groups is 1. The molecule has 0 aliphatic heterocycles. The van der Waals surface area contributed by atoms with Crippen molar-refractivity contribution >= 4 is 33.7 Å². The van der Waals surface area contributed by atoms with Crippen molar-refractivity contribution in [1.29, 1.82) is 0 Å². The van der Waals surface area contributed by atoms with Crippen molar-refractivity contribution in [2.24, 2.45) is 4.99 Å². The van der Waals surface area contributed by atoms with E-state index in [1.54, 1.807) is 6.21 Å². The Morgan fingerprint density at radius 2 is 1.52 bits per heavy atom. The summed E-state index contributed by atoms with van der Waals surface area (Å²) in [5.41, 5.74) is 1.01. The first-order chi connectivity index (χ1) is 14.1. The Kier molecular flexibility index (Phi) is 5.13. The number of methoxy groups -OCH3 is 1. The van der Waals surface area contributed by atoms with Crippen LogP contribution in [0, 0.1) is 0 Å². The summed E-state index contributed by atoms with van der Waals surface area (Å²) in [4.78, 5) is 17.4. The van der Waals surface area contributed by atoms with Gasteiger partial charge in [-0.2, -0.15) is 0 Å². The zero-order valence-electron chi connectivity index (χ0n) is 16.6. The Morgan fingerprint density at radius 1 is 0.897 bits per heavy atom. The van der Waals surface area contributed by atoms with Crippen LogP contribution in [-0.2, 0) is 16.0 Å². The zero-order chi connectivity index (χ0) is 20.3. The molecule has 0 saturated heterocycles. The minimum atomic E-state index is -1.02. The molecule has 0 amide bonds. The topological polar surface area (TPSA) is 38.7 Å². The first-order valence-electron chi connectivity index (χ1n) is 9.69. The molecular weight excluding hydrogens is 358 g/mol. The SMILES string of the molecule is COC(=O)C(C)(Cc1cc2ccccc2c2ccccc12)N=Cc1ccccc1. The van der Waals surface area contributed by atoms with E-state index in [0.29, 0.717) is 6.42 Å². The van der Waals surface area contributed by atoms with Crippen LogP contribution in [0.15, 0.2) is 89.9 Å². The molecule has 4 aromatic carbocycles. The van der Waals surface area contributed by atoms with Crippen LogP contribution in [0.4, 0.5) is 0 Å². The van der Waals surface area contributed by atoms with Crippen molar-refractivity contribution in [2.45, 2.75) is 18.9 Å². The number of aliphatic imine (C=N–C) groups is 1. The first-order valence-corrected chi connectivity index (χ1v) is 9.69. The minimum Gasteiger partial charge on any atom is -0.467 e. The fourth-order valence-corrected chi connectivity index (χ4v) is 3.80. The van der Waals surface area contributed by atoms with Gasteiger partial charge in [0.2, 0.25) is 0 Å². The van der Waals surface area contributed by atoms with Crippen LogP contribution in [0.2, 0.25) is 0 Å². The number of hydrogen-bond acceptors (Lipinski definition) is 3. The van der Waals surface area contributed by atoms with Crippen molar-refractivity contribution in [2.75, 3.05) is 7.11 Å². The molecule has 0 aliphatic carbocycles. The summed E-state index contributed by atoms with van der Waals surface area (Å²) in [7, 11) is 1.41. The van der Waals surface area contributed by atoms with E-state index >= 15 is 0 Å². The molecule has 0 heterocycles. The highest BCUT2D eigenvalue weighted by atomic mass is 16.5. The standard InChI is InChI=1S/C26H23NO2/c1-26(25(28)29-2,27-18-19-10-4-3-5-11-19)17-21-16-20-12-6-7-13-22(20)24-15-9-8-14-23(21)24/h3-16,18H,17H2,1-2H3. The molecule has 29 heavy (non-hydrogen) atoms. The number of fused-ring (bicyclic) bond motifs is 3. The smallest absolute Gasteiger partial charge is 0.333 e. The molecule has 1 unspecified atom stereocenters. The summed E-state index contributed by atoms with van der Waals surface area (Å²) in [6, 6.07) is 28.6. The zero-order valence-corrected chi connectivity index (χ0v) is 16.6. The number of ether oxygens (including phenoxy) is 1. The van der Waals surface area contributed by atoms with Gasteiger partial charge in [0.15, 0.2) is 5.54 Å². The molecule has 3 heteroatoms. The number of nitrogens with zero attached hydrogens (tertiary/aromatic N) is 1. The van der Waals surface area contributed by atoms with Gasteiger partial charge in [0.1, 0.15) is 0 Å². The molecule has 0 N–H and O–H groups in total. The highest BCUT2D eigenvalue weighted by Gasteiger charge is 2.34. The molecule has 0 aromatic heterocycles. The molecule has 4 rings (SSSR count). The lowest BCUT2D eigenvalue weighted by Crippen LogP contribution is -2.37. The summed E-state index contributed by atoms with van der Waals surface area (Å²) in [5.74, 6) is -0.345. The maximum Gasteiger partial charge on any atom is 0.333 e. The number of benzene rings is 4. The van der Waals surface area contributed by atoms with Gasteiger partial charge < -0.3 is 4.74 Å².